The highest BCUT2D eigenvalue weighted by Gasteiger charge is 2.35. The number of anilines is 1. The number of carbonyl (C=O) groups is 1. The Kier molecular flexibility index (Phi) is 5.51. The summed E-state index contributed by atoms with van der Waals surface area (Å²) in [5.74, 6) is 2.08. The molecule has 2 aromatic carbocycles. The van der Waals surface area contributed by atoms with Crippen molar-refractivity contribution in [3.63, 3.8) is 0 Å². The number of fused-ring (bicyclic) bond motifs is 1. The van der Waals surface area contributed by atoms with Crippen molar-refractivity contribution < 1.29 is 4.79 Å². The third kappa shape index (κ3) is 3.74. The Morgan fingerprint density at radius 3 is 2.60 bits per heavy atom. The van der Waals surface area contributed by atoms with Gasteiger partial charge in [0, 0.05) is 25.4 Å². The van der Waals surface area contributed by atoms with E-state index in [-0.39, 0.29) is 11.8 Å². The Morgan fingerprint density at radius 1 is 1.00 bits per heavy atom. The average molecular weight is 422 g/mol. The summed E-state index contributed by atoms with van der Waals surface area (Å²) in [4.78, 5) is 19.7. The molecule has 0 spiro atoms. The molecule has 5 rings (SSSR count). The highest BCUT2D eigenvalue weighted by Crippen LogP contribution is 2.36. The minimum Gasteiger partial charge on any atom is -0.328 e. The molecule has 4 nitrogen and oxygen atoms in total. The van der Waals surface area contributed by atoms with Crippen LogP contribution >= 0.6 is 11.6 Å². The highest BCUT2D eigenvalue weighted by molar-refractivity contribution is 6.33. The van der Waals surface area contributed by atoms with Crippen LogP contribution in [0, 0.1) is 5.92 Å². The quantitative estimate of drug-likeness (QED) is 0.493. The van der Waals surface area contributed by atoms with Crippen LogP contribution in [0.1, 0.15) is 56.7 Å². The maximum atomic E-state index is 12.9. The van der Waals surface area contributed by atoms with Crippen LogP contribution in [-0.2, 0) is 11.3 Å². The van der Waals surface area contributed by atoms with Crippen LogP contribution in [-0.4, -0.2) is 22.0 Å². The summed E-state index contributed by atoms with van der Waals surface area (Å²) in [5.41, 5.74) is 3.02. The molecule has 1 aliphatic carbocycles. The normalized spacial score (nSPS) is 20.4. The number of imidazole rings is 1. The standard InChI is InChI=1S/C25H28ClN3O/c26-20-10-4-6-12-22(20)29-17-19(16-24(29)30)25-27-21-11-5-7-13-23(21)28(25)15-14-18-8-2-1-3-9-18/h4-7,10-13,18-19H,1-3,8-9,14-17H2/t19-/m1/s1. The number of para-hydroxylation sites is 3. The fraction of sp³-hybridized carbons (Fsp3) is 0.440. The van der Waals surface area contributed by atoms with E-state index >= 15 is 0 Å². The zero-order valence-electron chi connectivity index (χ0n) is 17.3. The monoisotopic (exact) mass is 421 g/mol. The van der Waals surface area contributed by atoms with Crippen LogP contribution in [0.5, 0.6) is 0 Å². The minimum absolute atomic E-state index is 0.0903. The minimum atomic E-state index is 0.0903. The number of nitrogens with zero attached hydrogens (tertiary/aromatic N) is 3. The largest absolute Gasteiger partial charge is 0.328 e. The van der Waals surface area contributed by atoms with Gasteiger partial charge in [-0.3, -0.25) is 4.79 Å². The van der Waals surface area contributed by atoms with Gasteiger partial charge in [-0.2, -0.15) is 0 Å². The maximum Gasteiger partial charge on any atom is 0.227 e. The summed E-state index contributed by atoms with van der Waals surface area (Å²) in [5, 5.41) is 0.623. The predicted octanol–water partition coefficient (Wildman–Crippen LogP) is 6.18. The van der Waals surface area contributed by atoms with Gasteiger partial charge in [-0.1, -0.05) is 68.0 Å². The van der Waals surface area contributed by atoms with E-state index in [1.807, 2.05) is 35.2 Å². The van der Waals surface area contributed by atoms with E-state index in [0.717, 1.165) is 29.5 Å². The van der Waals surface area contributed by atoms with Gasteiger partial charge in [0.1, 0.15) is 5.82 Å². The maximum absolute atomic E-state index is 12.9. The third-order valence-corrected chi connectivity index (χ3v) is 7.12. The molecule has 1 aromatic heterocycles. The molecule has 0 N–H and O–H groups in total. The Bertz CT molecular complexity index is 1050. The number of aryl methyl sites for hydroxylation is 1. The lowest BCUT2D eigenvalue weighted by Gasteiger charge is -2.23. The molecule has 5 heteroatoms. The first-order valence-corrected chi connectivity index (χ1v) is 11.6. The summed E-state index contributed by atoms with van der Waals surface area (Å²) in [6.45, 7) is 1.62. The molecular weight excluding hydrogens is 394 g/mol. The Balaban J connectivity index is 1.43. The fourth-order valence-electron chi connectivity index (χ4n) is 5.21. The van der Waals surface area contributed by atoms with Crippen molar-refractivity contribution >= 4 is 34.2 Å². The van der Waals surface area contributed by atoms with Crippen molar-refractivity contribution in [3.8, 4) is 0 Å². The van der Waals surface area contributed by atoms with Gasteiger partial charge in [-0.05, 0) is 36.6 Å². The Hall–Kier alpha value is -2.33. The Labute approximate surface area is 182 Å². The summed E-state index contributed by atoms with van der Waals surface area (Å²) in [7, 11) is 0. The van der Waals surface area contributed by atoms with Gasteiger partial charge in [0.2, 0.25) is 5.91 Å². The number of hydrogen-bond acceptors (Lipinski definition) is 2. The topological polar surface area (TPSA) is 38.1 Å². The lowest BCUT2D eigenvalue weighted by molar-refractivity contribution is -0.117. The van der Waals surface area contributed by atoms with Gasteiger partial charge in [0.05, 0.1) is 21.7 Å². The average Bonchev–Trinajstić information content (AvgIpc) is 3.34. The second kappa shape index (κ2) is 8.43. The number of amides is 1. The van der Waals surface area contributed by atoms with E-state index in [1.54, 1.807) is 0 Å². The molecule has 30 heavy (non-hydrogen) atoms. The van der Waals surface area contributed by atoms with Crippen molar-refractivity contribution in [2.45, 2.75) is 57.4 Å². The van der Waals surface area contributed by atoms with E-state index in [9.17, 15) is 4.79 Å². The van der Waals surface area contributed by atoms with Crippen molar-refractivity contribution in [2.24, 2.45) is 5.92 Å². The van der Waals surface area contributed by atoms with E-state index in [0.29, 0.717) is 18.0 Å². The second-order valence-corrected chi connectivity index (χ2v) is 9.17. The van der Waals surface area contributed by atoms with Gasteiger partial charge in [0.25, 0.3) is 0 Å². The zero-order valence-corrected chi connectivity index (χ0v) is 18.0. The molecule has 0 bridgehead atoms. The molecule has 0 unspecified atom stereocenters. The summed E-state index contributed by atoms with van der Waals surface area (Å²) in [6.07, 6.45) is 8.50. The molecule has 3 aromatic rings. The van der Waals surface area contributed by atoms with E-state index in [1.165, 1.54) is 44.0 Å². The molecule has 1 aliphatic heterocycles. The van der Waals surface area contributed by atoms with Crippen LogP contribution in [0.3, 0.4) is 0 Å². The van der Waals surface area contributed by atoms with Gasteiger partial charge in [-0.25, -0.2) is 4.98 Å². The van der Waals surface area contributed by atoms with Crippen molar-refractivity contribution in [3.05, 3.63) is 59.4 Å². The van der Waals surface area contributed by atoms with Crippen molar-refractivity contribution in [1.82, 2.24) is 9.55 Å². The highest BCUT2D eigenvalue weighted by atomic mass is 35.5. The molecule has 1 atom stereocenters. The number of carbonyl (C=O) groups excluding carboxylic acids is 1. The summed E-state index contributed by atoms with van der Waals surface area (Å²) in [6, 6.07) is 16.0. The predicted molar refractivity (Wildman–Crippen MR) is 122 cm³/mol. The number of hydrogen-bond donors (Lipinski definition) is 0. The van der Waals surface area contributed by atoms with Gasteiger partial charge in [0.15, 0.2) is 0 Å². The molecule has 2 fully saturated rings. The SMILES string of the molecule is O=C1C[C@@H](c2nc3ccccc3n2CCC2CCCCC2)CN1c1ccccc1Cl. The molecule has 1 amide bonds. The lowest BCUT2D eigenvalue weighted by Crippen LogP contribution is -2.25. The van der Waals surface area contributed by atoms with Crippen molar-refractivity contribution in [2.75, 3.05) is 11.4 Å². The lowest BCUT2D eigenvalue weighted by atomic mass is 9.87. The summed E-state index contributed by atoms with van der Waals surface area (Å²) < 4.78 is 2.39. The first-order valence-electron chi connectivity index (χ1n) is 11.2. The first kappa shape index (κ1) is 19.6. The smallest absolute Gasteiger partial charge is 0.227 e. The molecule has 2 heterocycles. The van der Waals surface area contributed by atoms with Crippen LogP contribution < -0.4 is 4.90 Å². The summed E-state index contributed by atoms with van der Waals surface area (Å²) >= 11 is 6.38. The van der Waals surface area contributed by atoms with Gasteiger partial charge in [-0.15, -0.1) is 0 Å². The van der Waals surface area contributed by atoms with Crippen molar-refractivity contribution in [1.29, 1.82) is 0 Å². The van der Waals surface area contributed by atoms with E-state index in [4.69, 9.17) is 16.6 Å². The van der Waals surface area contributed by atoms with Gasteiger partial charge >= 0.3 is 0 Å². The molecule has 156 valence electrons. The molecule has 2 aliphatic rings. The molecular formula is C25H28ClN3O. The Morgan fingerprint density at radius 2 is 1.77 bits per heavy atom. The number of halogens is 1. The van der Waals surface area contributed by atoms with Crippen LogP contribution in [0.25, 0.3) is 11.0 Å². The zero-order chi connectivity index (χ0) is 20.5. The van der Waals surface area contributed by atoms with Crippen LogP contribution in [0.2, 0.25) is 5.02 Å². The van der Waals surface area contributed by atoms with E-state index in [2.05, 4.69) is 22.8 Å². The van der Waals surface area contributed by atoms with Gasteiger partial charge < -0.3 is 9.47 Å². The number of rotatable bonds is 5. The molecule has 1 saturated heterocycles. The second-order valence-electron chi connectivity index (χ2n) is 8.76. The van der Waals surface area contributed by atoms with E-state index < -0.39 is 0 Å². The van der Waals surface area contributed by atoms with Crippen LogP contribution in [0.15, 0.2) is 48.5 Å². The fourth-order valence-corrected chi connectivity index (χ4v) is 5.45. The number of benzene rings is 2. The number of aromatic nitrogens is 2. The van der Waals surface area contributed by atoms with Crippen LogP contribution in [0.4, 0.5) is 5.69 Å². The third-order valence-electron chi connectivity index (χ3n) is 6.80. The first-order chi connectivity index (χ1) is 14.7. The molecule has 1 saturated carbocycles. The molecule has 0 radical (unpaired) electrons.